The van der Waals surface area contributed by atoms with Crippen LogP contribution in [0.25, 0.3) is 11.2 Å². The van der Waals surface area contributed by atoms with Crippen LogP contribution < -0.4 is 15.7 Å². The number of alkyl halides is 1. The molecule has 0 fully saturated rings. The number of ether oxygens (including phenoxy) is 2. The van der Waals surface area contributed by atoms with Crippen molar-refractivity contribution in [3.8, 4) is 0 Å². The minimum atomic E-state index is -2.94. The van der Waals surface area contributed by atoms with E-state index in [0.717, 1.165) is 11.5 Å². The summed E-state index contributed by atoms with van der Waals surface area (Å²) in [7, 11) is 0.0918. The van der Waals surface area contributed by atoms with Gasteiger partial charge in [0.1, 0.15) is 18.2 Å². The van der Waals surface area contributed by atoms with Gasteiger partial charge in [-0.15, -0.1) is 0 Å². The first-order valence-electron chi connectivity index (χ1n) is 11.1. The molecule has 35 heavy (non-hydrogen) atoms. The molecule has 0 spiro atoms. The molecule has 0 aliphatic carbocycles. The van der Waals surface area contributed by atoms with Gasteiger partial charge in [-0.05, 0) is 34.6 Å². The standard InChI is InChI=1S/C20H35FN7O6P/c1-8-27(6)16-14-17(25-19(22)24-16)28(10-23-14)20(5,21)15(29)13(32-7)9-33-35(31)26-12(4)18(30)34-11(2)3/h10-13,15,29,35H,8-9H2,1-7H3,(H,26,31)(H2,22,24,25)/t12-,13?,15+,20-/m0/s1. The van der Waals surface area contributed by atoms with Crippen molar-refractivity contribution in [1.82, 2.24) is 24.6 Å². The summed E-state index contributed by atoms with van der Waals surface area (Å²) in [5.74, 6) is -2.73. The molecule has 0 aliphatic rings. The second-order valence-electron chi connectivity index (χ2n) is 8.40. The number of aromatic nitrogens is 4. The number of rotatable bonds is 13. The Morgan fingerprint density at radius 1 is 1.40 bits per heavy atom. The summed E-state index contributed by atoms with van der Waals surface area (Å²) < 4.78 is 44.8. The molecular weight excluding hydrogens is 484 g/mol. The Bertz CT molecular complexity index is 1040. The van der Waals surface area contributed by atoms with Crippen molar-refractivity contribution in [2.75, 3.05) is 37.9 Å². The number of hydrogen-bond acceptors (Lipinski definition) is 11. The second-order valence-corrected chi connectivity index (χ2v) is 9.55. The average molecular weight is 520 g/mol. The summed E-state index contributed by atoms with van der Waals surface area (Å²) in [5, 5.41) is 13.3. The van der Waals surface area contributed by atoms with Crippen molar-refractivity contribution < 1.29 is 32.9 Å². The van der Waals surface area contributed by atoms with Crippen LogP contribution in [0.5, 0.6) is 0 Å². The quantitative estimate of drug-likeness (QED) is 0.256. The highest BCUT2D eigenvalue weighted by Crippen LogP contribution is 2.32. The number of halogens is 1. The van der Waals surface area contributed by atoms with Gasteiger partial charge < -0.3 is 29.7 Å². The van der Waals surface area contributed by atoms with Crippen LogP contribution >= 0.6 is 8.18 Å². The zero-order valence-corrected chi connectivity index (χ0v) is 22.0. The van der Waals surface area contributed by atoms with Gasteiger partial charge in [0.2, 0.25) is 11.7 Å². The van der Waals surface area contributed by atoms with E-state index in [0.29, 0.717) is 17.9 Å². The summed E-state index contributed by atoms with van der Waals surface area (Å²) >= 11 is 0. The molecule has 0 aliphatic heterocycles. The summed E-state index contributed by atoms with van der Waals surface area (Å²) in [4.78, 5) is 26.2. The monoisotopic (exact) mass is 519 g/mol. The van der Waals surface area contributed by atoms with Crippen LogP contribution in [0.2, 0.25) is 0 Å². The van der Waals surface area contributed by atoms with Crippen LogP contribution in [0.15, 0.2) is 6.33 Å². The Balaban J connectivity index is 2.18. The number of nitrogens with two attached hydrogens (primary N) is 1. The van der Waals surface area contributed by atoms with E-state index in [2.05, 4.69) is 20.0 Å². The fraction of sp³-hybridized carbons (Fsp3) is 0.700. The van der Waals surface area contributed by atoms with E-state index >= 15 is 4.39 Å². The number of carbonyl (C=O) groups excluding carboxylic acids is 1. The second kappa shape index (κ2) is 12.0. The SMILES string of the molecule is CCN(C)c1nc(N)nc2c1ncn2[C@](C)(F)[C@H](O)C(CO[PH](=O)N[C@@H](C)C(=O)OC(C)C)OC. The normalized spacial score (nSPS) is 17.1. The molecule has 0 aromatic carbocycles. The lowest BCUT2D eigenvalue weighted by molar-refractivity contribution is -0.149. The van der Waals surface area contributed by atoms with Crippen molar-refractivity contribution >= 4 is 37.1 Å². The van der Waals surface area contributed by atoms with Gasteiger partial charge in [-0.2, -0.15) is 9.97 Å². The van der Waals surface area contributed by atoms with Gasteiger partial charge in [-0.25, -0.2) is 14.5 Å². The number of nitrogens with zero attached hydrogens (tertiary/aromatic N) is 5. The molecule has 4 N–H and O–H groups in total. The fourth-order valence-electron chi connectivity index (χ4n) is 3.18. The van der Waals surface area contributed by atoms with E-state index < -0.39 is 44.8 Å². The van der Waals surface area contributed by atoms with Gasteiger partial charge >= 0.3 is 5.97 Å². The summed E-state index contributed by atoms with van der Waals surface area (Å²) in [5.41, 5.74) is 6.22. The molecule has 2 aromatic heterocycles. The predicted molar refractivity (Wildman–Crippen MR) is 129 cm³/mol. The number of aliphatic hydroxyl groups is 1. The number of esters is 1. The summed E-state index contributed by atoms with van der Waals surface area (Å²) in [6.45, 7) is 8.05. The van der Waals surface area contributed by atoms with Crippen molar-refractivity contribution in [2.45, 2.75) is 64.8 Å². The highest BCUT2D eigenvalue weighted by molar-refractivity contribution is 7.36. The van der Waals surface area contributed by atoms with Gasteiger partial charge in [-0.3, -0.25) is 13.9 Å². The van der Waals surface area contributed by atoms with E-state index in [1.807, 2.05) is 6.92 Å². The van der Waals surface area contributed by atoms with Crippen LogP contribution in [-0.4, -0.2) is 82.3 Å². The van der Waals surface area contributed by atoms with E-state index in [1.54, 1.807) is 25.8 Å². The lowest BCUT2D eigenvalue weighted by atomic mass is 10.0. The van der Waals surface area contributed by atoms with Crippen LogP contribution in [0.4, 0.5) is 16.2 Å². The first-order chi connectivity index (χ1) is 16.3. The molecular formula is C20H35FN7O6P. The van der Waals surface area contributed by atoms with Crippen LogP contribution in [0, 0.1) is 0 Å². The zero-order chi connectivity index (χ0) is 26.5. The average Bonchev–Trinajstić information content (AvgIpc) is 3.22. The molecule has 5 atom stereocenters. The Kier molecular flexibility index (Phi) is 9.93. The minimum Gasteiger partial charge on any atom is -0.462 e. The summed E-state index contributed by atoms with van der Waals surface area (Å²) in [6.07, 6.45) is -2.15. The third-order valence-electron chi connectivity index (χ3n) is 5.32. The lowest BCUT2D eigenvalue weighted by Crippen LogP contribution is -2.48. The molecule has 2 aromatic rings. The Hall–Kier alpha value is -2.38. The number of imidazole rings is 1. The van der Waals surface area contributed by atoms with Crippen molar-refractivity contribution in [3.63, 3.8) is 0 Å². The molecule has 0 saturated carbocycles. The Labute approximate surface area is 204 Å². The molecule has 0 saturated heterocycles. The first kappa shape index (κ1) is 28.9. The van der Waals surface area contributed by atoms with Crippen LogP contribution in [0.3, 0.4) is 0 Å². The summed E-state index contributed by atoms with van der Waals surface area (Å²) in [6, 6.07) is -0.890. The first-order valence-corrected chi connectivity index (χ1v) is 12.4. The molecule has 2 unspecified atom stereocenters. The zero-order valence-electron chi connectivity index (χ0n) is 21.0. The van der Waals surface area contributed by atoms with Gasteiger partial charge in [0, 0.05) is 20.7 Å². The molecule has 2 heterocycles. The Morgan fingerprint density at radius 2 is 2.06 bits per heavy atom. The van der Waals surface area contributed by atoms with Crippen LogP contribution in [0.1, 0.15) is 34.6 Å². The number of carbonyl (C=O) groups is 1. The maximum absolute atomic E-state index is 16.0. The topological polar surface area (TPSA) is 167 Å². The van der Waals surface area contributed by atoms with Gasteiger partial charge in [0.15, 0.2) is 17.0 Å². The number of methoxy groups -OCH3 is 1. The highest BCUT2D eigenvalue weighted by atomic mass is 31.1. The molecule has 0 bridgehead atoms. The van der Waals surface area contributed by atoms with Crippen molar-refractivity contribution in [2.24, 2.45) is 0 Å². The largest absolute Gasteiger partial charge is 0.462 e. The Morgan fingerprint density at radius 3 is 2.63 bits per heavy atom. The number of nitrogen functional groups attached to an aromatic ring is 1. The number of fused-ring (bicyclic) bond motifs is 1. The molecule has 198 valence electrons. The molecule has 0 amide bonds. The van der Waals surface area contributed by atoms with Gasteiger partial charge in [-0.1, -0.05) is 0 Å². The minimum absolute atomic E-state index is 0.0822. The number of nitrogens with one attached hydrogen (secondary N) is 1. The smallest absolute Gasteiger partial charge is 0.323 e. The third-order valence-corrected chi connectivity index (χ3v) is 6.41. The third kappa shape index (κ3) is 6.85. The highest BCUT2D eigenvalue weighted by Gasteiger charge is 2.42. The molecule has 2 rings (SSSR count). The molecule has 0 radical (unpaired) electrons. The van der Waals surface area contributed by atoms with E-state index in [-0.39, 0.29) is 17.7 Å². The number of aliphatic hydroxyl groups excluding tert-OH is 1. The molecule has 13 nitrogen and oxygen atoms in total. The van der Waals surface area contributed by atoms with Gasteiger partial charge in [0.05, 0.1) is 19.0 Å². The van der Waals surface area contributed by atoms with Crippen molar-refractivity contribution in [1.29, 1.82) is 0 Å². The van der Waals surface area contributed by atoms with Crippen LogP contribution in [-0.2, 0) is 29.1 Å². The lowest BCUT2D eigenvalue weighted by Gasteiger charge is -2.32. The maximum atomic E-state index is 16.0. The number of hydrogen-bond donors (Lipinski definition) is 3. The maximum Gasteiger partial charge on any atom is 0.323 e. The van der Waals surface area contributed by atoms with E-state index in [1.165, 1.54) is 20.4 Å². The van der Waals surface area contributed by atoms with E-state index in [9.17, 15) is 14.5 Å². The molecule has 15 heteroatoms. The van der Waals surface area contributed by atoms with E-state index in [4.69, 9.17) is 19.7 Å². The van der Waals surface area contributed by atoms with Crippen molar-refractivity contribution in [3.05, 3.63) is 6.33 Å². The number of anilines is 2. The fourth-order valence-corrected chi connectivity index (χ4v) is 4.05. The predicted octanol–water partition coefficient (Wildman–Crippen LogP) is 1.22. The van der Waals surface area contributed by atoms with Gasteiger partial charge in [0.25, 0.3) is 8.18 Å².